The van der Waals surface area contributed by atoms with Crippen molar-refractivity contribution in [3.8, 4) is 6.07 Å². The number of nitriles is 1. The lowest BCUT2D eigenvalue weighted by Gasteiger charge is -2.08. The van der Waals surface area contributed by atoms with Crippen LogP contribution in [0.3, 0.4) is 0 Å². The maximum absolute atomic E-state index is 12.4. The Morgan fingerprint density at radius 1 is 1.26 bits per heavy atom. The van der Waals surface area contributed by atoms with Gasteiger partial charge in [0.15, 0.2) is 0 Å². The van der Waals surface area contributed by atoms with E-state index in [9.17, 15) is 18.0 Å². The normalized spacial score (nSPS) is 11.1. The zero-order chi connectivity index (χ0) is 19.6. The first-order chi connectivity index (χ1) is 12.8. The van der Waals surface area contributed by atoms with Crippen molar-refractivity contribution in [1.82, 2.24) is 19.7 Å². The van der Waals surface area contributed by atoms with Crippen LogP contribution in [0.2, 0.25) is 0 Å². The summed E-state index contributed by atoms with van der Waals surface area (Å²) in [6, 6.07) is 12.1. The number of nitrogens with zero attached hydrogens (tertiary/aromatic N) is 4. The molecule has 0 radical (unpaired) electrons. The van der Waals surface area contributed by atoms with Crippen molar-refractivity contribution in [2.45, 2.75) is 11.4 Å². The summed E-state index contributed by atoms with van der Waals surface area (Å²) in [6.07, 6.45) is 0. The van der Waals surface area contributed by atoms with Gasteiger partial charge in [-0.3, -0.25) is 9.59 Å². The van der Waals surface area contributed by atoms with Gasteiger partial charge in [0.1, 0.15) is 12.1 Å². The Kier molecular flexibility index (Phi) is 5.02. The van der Waals surface area contributed by atoms with Gasteiger partial charge in [-0.25, -0.2) is 17.8 Å². The highest BCUT2D eigenvalue weighted by Gasteiger charge is 2.20. The molecule has 1 heterocycles. The number of fused-ring (bicyclic) bond motifs is 1. The highest BCUT2D eigenvalue weighted by molar-refractivity contribution is 9.10. The van der Waals surface area contributed by atoms with Crippen LogP contribution in [-0.2, 0) is 21.4 Å². The van der Waals surface area contributed by atoms with Gasteiger partial charge in [0.25, 0.3) is 21.5 Å². The van der Waals surface area contributed by atoms with Crippen molar-refractivity contribution >= 4 is 42.8 Å². The van der Waals surface area contributed by atoms with E-state index >= 15 is 0 Å². The molecule has 11 heteroatoms. The molecule has 0 unspecified atom stereocenters. The Labute approximate surface area is 161 Å². The molecule has 0 saturated carbocycles. The summed E-state index contributed by atoms with van der Waals surface area (Å²) in [4.78, 5) is 24.2. The van der Waals surface area contributed by atoms with Crippen LogP contribution in [0.5, 0.6) is 0 Å². The number of amides is 1. The van der Waals surface area contributed by atoms with Crippen LogP contribution in [0.4, 0.5) is 0 Å². The number of hydrogen-bond acceptors (Lipinski definition) is 7. The van der Waals surface area contributed by atoms with Crippen LogP contribution in [-0.4, -0.2) is 29.3 Å². The van der Waals surface area contributed by atoms with E-state index < -0.39 is 28.0 Å². The summed E-state index contributed by atoms with van der Waals surface area (Å²) in [5, 5.41) is 16.7. The topological polar surface area (TPSA) is 135 Å². The molecule has 0 aliphatic heterocycles. The molecular formula is C16H10BrN5O4S. The van der Waals surface area contributed by atoms with Gasteiger partial charge in [0, 0.05) is 4.47 Å². The van der Waals surface area contributed by atoms with E-state index in [1.807, 2.05) is 10.8 Å². The van der Waals surface area contributed by atoms with Crippen molar-refractivity contribution in [3.05, 3.63) is 62.9 Å². The quantitative estimate of drug-likeness (QED) is 0.628. The Morgan fingerprint density at radius 2 is 2.00 bits per heavy atom. The summed E-state index contributed by atoms with van der Waals surface area (Å²) >= 11 is 3.11. The maximum Gasteiger partial charge on any atom is 0.278 e. The standard InChI is InChI=1S/C16H10BrN5O4S/c17-11-5-10(8-18)6-12(7-11)27(25,26)20-15(23)9-22-16(24)13-3-1-2-4-14(13)19-21-22/h1-7H,9H2,(H,20,23). The molecule has 0 atom stereocenters. The molecule has 136 valence electrons. The van der Waals surface area contributed by atoms with Crippen molar-refractivity contribution in [3.63, 3.8) is 0 Å². The lowest BCUT2D eigenvalue weighted by atomic mass is 10.2. The van der Waals surface area contributed by atoms with Gasteiger partial charge in [0.05, 0.1) is 21.9 Å². The summed E-state index contributed by atoms with van der Waals surface area (Å²) in [7, 11) is -4.23. The third-order valence-corrected chi connectivity index (χ3v) is 5.29. The van der Waals surface area contributed by atoms with E-state index in [1.54, 1.807) is 18.2 Å². The van der Waals surface area contributed by atoms with Crippen molar-refractivity contribution < 1.29 is 13.2 Å². The zero-order valence-electron chi connectivity index (χ0n) is 13.5. The molecule has 9 nitrogen and oxygen atoms in total. The molecule has 1 aromatic heterocycles. The van der Waals surface area contributed by atoms with Crippen molar-refractivity contribution in [2.75, 3.05) is 0 Å². The number of nitrogens with one attached hydrogen (secondary N) is 1. The van der Waals surface area contributed by atoms with Crippen LogP contribution in [0, 0.1) is 11.3 Å². The van der Waals surface area contributed by atoms with E-state index in [1.165, 1.54) is 18.2 Å². The molecular weight excluding hydrogens is 438 g/mol. The van der Waals surface area contributed by atoms with Gasteiger partial charge in [0.2, 0.25) is 0 Å². The van der Waals surface area contributed by atoms with Crippen LogP contribution in [0.1, 0.15) is 5.56 Å². The van der Waals surface area contributed by atoms with E-state index in [-0.39, 0.29) is 15.8 Å². The van der Waals surface area contributed by atoms with Crippen molar-refractivity contribution in [2.24, 2.45) is 0 Å². The summed E-state index contributed by atoms with van der Waals surface area (Å²) in [6.45, 7) is -0.630. The molecule has 0 fully saturated rings. The predicted octanol–water partition coefficient (Wildman–Crippen LogP) is 0.931. The van der Waals surface area contributed by atoms with Crippen LogP contribution < -0.4 is 10.3 Å². The summed E-state index contributed by atoms with van der Waals surface area (Å²) in [5.41, 5.74) is -0.0962. The molecule has 3 aromatic rings. The summed E-state index contributed by atoms with van der Waals surface area (Å²) < 4.78 is 27.7. The van der Waals surface area contributed by atoms with E-state index in [0.29, 0.717) is 9.99 Å². The monoisotopic (exact) mass is 447 g/mol. The maximum atomic E-state index is 12.4. The molecule has 0 saturated heterocycles. The minimum absolute atomic E-state index is 0.105. The van der Waals surface area contributed by atoms with Gasteiger partial charge in [-0.2, -0.15) is 5.26 Å². The van der Waals surface area contributed by atoms with Crippen molar-refractivity contribution in [1.29, 1.82) is 5.26 Å². The minimum Gasteiger partial charge on any atom is -0.272 e. The molecule has 0 spiro atoms. The second-order valence-corrected chi connectivity index (χ2v) is 7.98. The lowest BCUT2D eigenvalue weighted by molar-refractivity contribution is -0.120. The number of sulfonamides is 1. The van der Waals surface area contributed by atoms with Gasteiger partial charge < -0.3 is 0 Å². The molecule has 1 N–H and O–H groups in total. The third-order valence-electron chi connectivity index (χ3n) is 3.48. The number of carbonyl (C=O) groups is 1. The summed E-state index contributed by atoms with van der Waals surface area (Å²) in [5.74, 6) is -0.972. The second kappa shape index (κ2) is 7.26. The first kappa shape index (κ1) is 18.7. The fourth-order valence-electron chi connectivity index (χ4n) is 2.29. The van der Waals surface area contributed by atoms with Gasteiger partial charge >= 0.3 is 0 Å². The van der Waals surface area contributed by atoms with E-state index in [2.05, 4.69) is 26.2 Å². The second-order valence-electron chi connectivity index (χ2n) is 5.39. The first-order valence-corrected chi connectivity index (χ1v) is 9.66. The van der Waals surface area contributed by atoms with Crippen LogP contribution >= 0.6 is 15.9 Å². The third kappa shape index (κ3) is 4.02. The lowest BCUT2D eigenvalue weighted by Crippen LogP contribution is -2.37. The number of hydrogen-bond donors (Lipinski definition) is 1. The number of aromatic nitrogens is 3. The number of benzene rings is 2. The van der Waals surface area contributed by atoms with Gasteiger partial charge in [-0.1, -0.05) is 33.3 Å². The minimum atomic E-state index is -4.23. The average molecular weight is 448 g/mol. The fraction of sp³-hybridized carbons (Fsp3) is 0.0625. The fourth-order valence-corrected chi connectivity index (χ4v) is 3.98. The molecule has 0 aliphatic rings. The Morgan fingerprint density at radius 3 is 2.74 bits per heavy atom. The Balaban J connectivity index is 1.86. The predicted molar refractivity (Wildman–Crippen MR) is 98.0 cm³/mol. The van der Waals surface area contributed by atoms with Gasteiger partial charge in [-0.05, 0) is 30.3 Å². The molecule has 1 amide bonds. The smallest absolute Gasteiger partial charge is 0.272 e. The highest BCUT2D eigenvalue weighted by atomic mass is 79.9. The number of carbonyl (C=O) groups excluding carboxylic acids is 1. The number of rotatable bonds is 4. The van der Waals surface area contributed by atoms with E-state index in [0.717, 1.165) is 10.7 Å². The first-order valence-electron chi connectivity index (χ1n) is 7.39. The Hall–Kier alpha value is -3.10. The highest BCUT2D eigenvalue weighted by Crippen LogP contribution is 2.19. The SMILES string of the molecule is N#Cc1cc(Br)cc(S(=O)(=O)NC(=O)Cn2nnc3ccccc3c2=O)c1. The van der Waals surface area contributed by atoms with Crippen LogP contribution in [0.25, 0.3) is 10.9 Å². The van der Waals surface area contributed by atoms with E-state index in [4.69, 9.17) is 5.26 Å². The van der Waals surface area contributed by atoms with Crippen LogP contribution in [0.15, 0.2) is 56.6 Å². The molecule has 0 bridgehead atoms. The number of halogens is 1. The molecule has 2 aromatic carbocycles. The average Bonchev–Trinajstić information content (AvgIpc) is 2.63. The van der Waals surface area contributed by atoms with Gasteiger partial charge in [-0.15, -0.1) is 5.10 Å². The molecule has 27 heavy (non-hydrogen) atoms. The molecule has 3 rings (SSSR count). The zero-order valence-corrected chi connectivity index (χ0v) is 15.9. The largest absolute Gasteiger partial charge is 0.278 e. The molecule has 0 aliphatic carbocycles. The Bertz CT molecular complexity index is 1260.